The van der Waals surface area contributed by atoms with E-state index in [1.165, 1.54) is 0 Å². The van der Waals surface area contributed by atoms with Gasteiger partial charge in [0.15, 0.2) is 0 Å². The van der Waals surface area contributed by atoms with Crippen LogP contribution in [-0.2, 0) is 14.4 Å². The Bertz CT molecular complexity index is 324. The highest BCUT2D eigenvalue weighted by Crippen LogP contribution is 2.08. The molecule has 0 unspecified atom stereocenters. The fourth-order valence-corrected chi connectivity index (χ4v) is 1.81. The molecule has 0 spiro atoms. The van der Waals surface area contributed by atoms with Gasteiger partial charge in [0.05, 0.1) is 0 Å². The van der Waals surface area contributed by atoms with Gasteiger partial charge in [0, 0.05) is 6.42 Å². The number of nitrogens with zero attached hydrogens (tertiary/aromatic N) is 1. The highest BCUT2D eigenvalue weighted by atomic mass is 16.4. The smallest absolute Gasteiger partial charge is 0.323 e. The third-order valence-electron chi connectivity index (χ3n) is 2.80. The van der Waals surface area contributed by atoms with Crippen molar-refractivity contribution in [2.24, 2.45) is 0 Å². The number of carboxylic acids is 2. The second kappa shape index (κ2) is 11.0. The second-order valence-corrected chi connectivity index (χ2v) is 4.63. The number of rotatable bonds is 12. The molecule has 2 N–H and O–H groups in total. The third kappa shape index (κ3) is 10.1. The molecule has 20 heavy (non-hydrogen) atoms. The Kier molecular flexibility index (Phi) is 10.00. The number of carbonyl (C=O) groups is 3. The Morgan fingerprint density at radius 3 is 1.90 bits per heavy atom. The van der Waals surface area contributed by atoms with E-state index in [1.54, 1.807) is 0 Å². The van der Waals surface area contributed by atoms with Crippen LogP contribution in [0.2, 0.25) is 0 Å². The van der Waals surface area contributed by atoms with Crippen LogP contribution in [0, 0.1) is 0 Å². The third-order valence-corrected chi connectivity index (χ3v) is 2.80. The molecule has 0 bridgehead atoms. The molecule has 0 aromatic carbocycles. The molecule has 114 valence electrons. The zero-order chi connectivity index (χ0) is 15.4. The summed E-state index contributed by atoms with van der Waals surface area (Å²) < 4.78 is 0. The normalized spacial score (nSPS) is 10.0. The number of hydrogen-bond acceptors (Lipinski definition) is 3. The first-order valence-electron chi connectivity index (χ1n) is 6.79. The van der Waals surface area contributed by atoms with E-state index in [0.29, 0.717) is 6.42 Å². The minimum absolute atomic E-state index is 0.196. The molecule has 0 aliphatic rings. The summed E-state index contributed by atoms with van der Waals surface area (Å²) in [6, 6.07) is 0. The van der Waals surface area contributed by atoms with Crippen LogP contribution in [0.25, 0.3) is 0 Å². The van der Waals surface area contributed by atoms with Crippen molar-refractivity contribution in [2.75, 3.05) is 13.1 Å². The van der Waals surface area contributed by atoms with E-state index < -0.39 is 30.9 Å². The lowest BCUT2D eigenvalue weighted by Gasteiger charge is -2.18. The number of unbranched alkanes of at least 4 members (excludes halogenated alkanes) is 5. The Labute approximate surface area is 119 Å². The average molecular weight is 285 g/mol. The molecule has 6 nitrogen and oxygen atoms in total. The minimum atomic E-state index is -1.20. The molecular weight excluding hydrogens is 262 g/mol. The van der Waals surface area contributed by atoms with E-state index in [0.717, 1.165) is 37.0 Å². The number of hydrogen-bond donors (Lipinski definition) is 2. The van der Waals surface area contributed by atoms with Gasteiger partial charge in [-0.1, -0.05) is 25.3 Å². The summed E-state index contributed by atoms with van der Waals surface area (Å²) >= 11 is 0. The fraction of sp³-hybridized carbons (Fsp3) is 0.643. The topological polar surface area (TPSA) is 94.9 Å². The van der Waals surface area contributed by atoms with Gasteiger partial charge < -0.3 is 15.1 Å². The molecule has 0 rings (SSSR count). The summed E-state index contributed by atoms with van der Waals surface area (Å²) in [6.07, 6.45) is 7.78. The van der Waals surface area contributed by atoms with E-state index in [1.807, 2.05) is 6.08 Å². The number of amides is 1. The number of allylic oxidation sites excluding steroid dienone is 1. The monoisotopic (exact) mass is 285 g/mol. The first-order valence-corrected chi connectivity index (χ1v) is 6.79. The molecule has 0 heterocycles. The van der Waals surface area contributed by atoms with E-state index in [-0.39, 0.29) is 6.42 Å². The van der Waals surface area contributed by atoms with Crippen molar-refractivity contribution >= 4 is 17.8 Å². The van der Waals surface area contributed by atoms with Crippen molar-refractivity contribution in [2.45, 2.75) is 44.9 Å². The molecule has 1 amide bonds. The number of carbonyl (C=O) groups excluding carboxylic acids is 1. The number of carboxylic acid groups (broad SMARTS) is 2. The van der Waals surface area contributed by atoms with E-state index in [4.69, 9.17) is 10.2 Å². The van der Waals surface area contributed by atoms with Gasteiger partial charge in [-0.15, -0.1) is 6.58 Å². The van der Waals surface area contributed by atoms with Crippen LogP contribution in [0.4, 0.5) is 0 Å². The molecular formula is C14H23NO5. The maximum absolute atomic E-state index is 11.7. The highest BCUT2D eigenvalue weighted by Gasteiger charge is 2.18. The zero-order valence-corrected chi connectivity index (χ0v) is 11.7. The summed E-state index contributed by atoms with van der Waals surface area (Å²) in [4.78, 5) is 33.8. The molecule has 0 saturated heterocycles. The lowest BCUT2D eigenvalue weighted by Crippen LogP contribution is -2.39. The van der Waals surface area contributed by atoms with Crippen molar-refractivity contribution in [1.82, 2.24) is 4.90 Å². The first-order chi connectivity index (χ1) is 9.47. The van der Waals surface area contributed by atoms with E-state index >= 15 is 0 Å². The Morgan fingerprint density at radius 2 is 1.40 bits per heavy atom. The highest BCUT2D eigenvalue weighted by molar-refractivity contribution is 5.85. The quantitative estimate of drug-likeness (QED) is 0.422. The predicted molar refractivity (Wildman–Crippen MR) is 74.4 cm³/mol. The minimum Gasteiger partial charge on any atom is -0.480 e. The molecule has 0 aliphatic carbocycles. The van der Waals surface area contributed by atoms with Crippen LogP contribution < -0.4 is 0 Å². The van der Waals surface area contributed by atoms with E-state index in [9.17, 15) is 14.4 Å². The van der Waals surface area contributed by atoms with Crippen LogP contribution in [0.3, 0.4) is 0 Å². The SMILES string of the molecule is C=CCCCCCCCC(=O)N(CC(=O)O)CC(=O)O. The fourth-order valence-electron chi connectivity index (χ4n) is 1.81. The van der Waals surface area contributed by atoms with Gasteiger partial charge in [0.1, 0.15) is 13.1 Å². The number of aliphatic carboxylic acids is 2. The summed E-state index contributed by atoms with van der Waals surface area (Å²) in [5.74, 6) is -2.83. The van der Waals surface area contributed by atoms with Crippen molar-refractivity contribution in [3.8, 4) is 0 Å². The van der Waals surface area contributed by atoms with Gasteiger partial charge in [-0.05, 0) is 19.3 Å². The van der Waals surface area contributed by atoms with Crippen molar-refractivity contribution in [1.29, 1.82) is 0 Å². The summed E-state index contributed by atoms with van der Waals surface area (Å²) in [5, 5.41) is 17.3. The average Bonchev–Trinajstić information content (AvgIpc) is 2.35. The molecule has 0 radical (unpaired) electrons. The second-order valence-electron chi connectivity index (χ2n) is 4.63. The Balaban J connectivity index is 3.91. The Morgan fingerprint density at radius 1 is 0.900 bits per heavy atom. The van der Waals surface area contributed by atoms with Gasteiger partial charge in [-0.3, -0.25) is 14.4 Å². The standard InChI is InChI=1S/C14H23NO5/c1-2-3-4-5-6-7-8-9-12(16)15(10-13(17)18)11-14(19)20/h2H,1,3-11H2,(H,17,18)(H,19,20). The van der Waals surface area contributed by atoms with Gasteiger partial charge in [-0.25, -0.2) is 0 Å². The lowest BCUT2D eigenvalue weighted by molar-refractivity contribution is -0.149. The molecule has 0 saturated carbocycles. The van der Waals surface area contributed by atoms with Crippen LogP contribution in [0.1, 0.15) is 44.9 Å². The van der Waals surface area contributed by atoms with Crippen molar-refractivity contribution in [3.63, 3.8) is 0 Å². The molecule has 0 fully saturated rings. The Hall–Kier alpha value is -1.85. The maximum atomic E-state index is 11.7. The predicted octanol–water partition coefficient (Wildman–Crippen LogP) is 1.90. The zero-order valence-electron chi connectivity index (χ0n) is 11.7. The molecule has 0 aromatic rings. The van der Waals surface area contributed by atoms with Gasteiger partial charge in [0.25, 0.3) is 0 Å². The van der Waals surface area contributed by atoms with Crippen LogP contribution >= 0.6 is 0 Å². The molecule has 0 aromatic heterocycles. The van der Waals surface area contributed by atoms with Crippen molar-refractivity contribution < 1.29 is 24.6 Å². The van der Waals surface area contributed by atoms with Crippen LogP contribution in [0.5, 0.6) is 0 Å². The largest absolute Gasteiger partial charge is 0.480 e. The van der Waals surface area contributed by atoms with Crippen molar-refractivity contribution in [3.05, 3.63) is 12.7 Å². The molecule has 0 atom stereocenters. The maximum Gasteiger partial charge on any atom is 0.323 e. The van der Waals surface area contributed by atoms with Gasteiger partial charge >= 0.3 is 11.9 Å². The molecule has 6 heteroatoms. The van der Waals surface area contributed by atoms with Crippen LogP contribution in [0.15, 0.2) is 12.7 Å². The molecule has 0 aliphatic heterocycles. The van der Waals surface area contributed by atoms with E-state index in [2.05, 4.69) is 6.58 Å². The van der Waals surface area contributed by atoms with Gasteiger partial charge in [-0.2, -0.15) is 0 Å². The van der Waals surface area contributed by atoms with Crippen LogP contribution in [-0.4, -0.2) is 46.0 Å². The lowest BCUT2D eigenvalue weighted by atomic mass is 10.1. The van der Waals surface area contributed by atoms with Gasteiger partial charge in [0.2, 0.25) is 5.91 Å². The summed E-state index contributed by atoms with van der Waals surface area (Å²) in [6.45, 7) is 2.51. The summed E-state index contributed by atoms with van der Waals surface area (Å²) in [7, 11) is 0. The first kappa shape index (κ1) is 18.1. The summed E-state index contributed by atoms with van der Waals surface area (Å²) in [5.41, 5.74) is 0.